The first-order chi connectivity index (χ1) is 70.7. The van der Waals surface area contributed by atoms with Crippen LogP contribution in [0.5, 0.6) is 28.7 Å². The van der Waals surface area contributed by atoms with E-state index in [1.807, 2.05) is 132 Å². The highest BCUT2D eigenvalue weighted by Crippen LogP contribution is 2.48. The van der Waals surface area contributed by atoms with Crippen molar-refractivity contribution >= 4 is 29.8 Å². The molecule has 0 bridgehead atoms. The first-order valence-electron chi connectivity index (χ1n) is 46.6. The molecule has 0 atom stereocenters. The minimum Gasteiger partial charge on any atom is -0.507 e. The van der Waals surface area contributed by atoms with Crippen LogP contribution in [0.3, 0.4) is 0 Å². The van der Waals surface area contributed by atoms with Crippen molar-refractivity contribution in [3.8, 4) is 170 Å². The predicted molar refractivity (Wildman–Crippen MR) is 544 cm³/mol. The maximum Gasteiger partial charge on any atom is 0.339 e. The number of rotatable bonds is 15. The third kappa shape index (κ3) is 17.6. The van der Waals surface area contributed by atoms with Gasteiger partial charge in [0.25, 0.3) is 0 Å². The molecule has 0 amide bonds. The number of fused-ring (bicyclic) bond motifs is 15. The molecule has 5 aliphatic rings. The van der Waals surface area contributed by atoms with Gasteiger partial charge in [-0.2, -0.15) is 20.4 Å². The summed E-state index contributed by atoms with van der Waals surface area (Å²) in [6, 6.07) is 88.3. The van der Waals surface area contributed by atoms with Gasteiger partial charge in [-0.3, -0.25) is 4.98 Å². The number of benzene rings is 10. The lowest BCUT2D eigenvalue weighted by Gasteiger charge is -2.20. The number of nitrogens with zero attached hydrogens (tertiary/aromatic N) is 14. The summed E-state index contributed by atoms with van der Waals surface area (Å²) in [4.78, 5) is 79.6. The summed E-state index contributed by atoms with van der Waals surface area (Å²) >= 11 is 0. The van der Waals surface area contributed by atoms with E-state index in [2.05, 4.69) is 136 Å². The molecule has 0 fully saturated rings. The van der Waals surface area contributed by atoms with Crippen LogP contribution < -0.4 is 0 Å². The third-order valence-corrected chi connectivity index (χ3v) is 26.8. The van der Waals surface area contributed by atoms with Gasteiger partial charge in [0.05, 0.1) is 52.3 Å². The Balaban J connectivity index is 0.000000107. The van der Waals surface area contributed by atoms with Crippen LogP contribution in [-0.2, 0) is 64.2 Å². The smallest absolute Gasteiger partial charge is 0.339 e. The van der Waals surface area contributed by atoms with Gasteiger partial charge in [0.2, 0.25) is 0 Å². The van der Waals surface area contributed by atoms with E-state index in [0.717, 1.165) is 194 Å². The van der Waals surface area contributed by atoms with Crippen LogP contribution in [0.4, 0.5) is 0 Å². The van der Waals surface area contributed by atoms with Gasteiger partial charge in [0.15, 0.2) is 5.82 Å². The third-order valence-electron chi connectivity index (χ3n) is 26.8. The van der Waals surface area contributed by atoms with Crippen LogP contribution in [0, 0.1) is 0 Å². The van der Waals surface area contributed by atoms with Crippen LogP contribution in [0.2, 0.25) is 0 Å². The van der Waals surface area contributed by atoms with E-state index in [0.29, 0.717) is 34.3 Å². The molecule has 5 aliphatic carbocycles. The Morgan fingerprint density at radius 1 is 0.234 bits per heavy atom. The maximum absolute atomic E-state index is 11.6. The number of phenols is 5. The first-order valence-corrected chi connectivity index (χ1v) is 46.6. The molecule has 10 heterocycles. The molecule has 0 saturated heterocycles. The minimum atomic E-state index is -1.17. The van der Waals surface area contributed by atoms with Crippen LogP contribution in [0.15, 0.2) is 341 Å². The average Bonchev–Trinajstić information content (AvgIpc) is 1.62. The van der Waals surface area contributed by atoms with Crippen molar-refractivity contribution in [3.63, 3.8) is 0 Å². The molecule has 0 unspecified atom stereocenters. The minimum absolute atomic E-state index is 0.113. The summed E-state index contributed by atoms with van der Waals surface area (Å²) in [7, 11) is 0. The number of aromatic nitrogens is 14. The fraction of sp³-hybridized carbons (Fsp3) is 0.0862. The zero-order valence-electron chi connectivity index (χ0n) is 77.2. The van der Waals surface area contributed by atoms with Gasteiger partial charge in [0.1, 0.15) is 62.9 Å². The highest BCUT2D eigenvalue weighted by atomic mass is 16.4. The molecular weight excluding hydrogens is 1830 g/mol. The largest absolute Gasteiger partial charge is 0.507 e. The lowest BCUT2D eigenvalue weighted by atomic mass is 9.90. The Bertz CT molecular complexity index is 7370. The predicted octanol–water partition coefficient (Wildman–Crippen LogP) is 21.1. The summed E-state index contributed by atoms with van der Waals surface area (Å²) in [6.07, 6.45) is 23.8. The Morgan fingerprint density at radius 3 is 0.966 bits per heavy atom. The maximum atomic E-state index is 11.6. The number of carbonyl (C=O) groups is 5. The van der Waals surface area contributed by atoms with E-state index in [9.17, 15) is 75.0 Å². The van der Waals surface area contributed by atoms with Crippen molar-refractivity contribution in [1.82, 2.24) is 68.2 Å². The van der Waals surface area contributed by atoms with E-state index < -0.39 is 29.8 Å². The summed E-state index contributed by atoms with van der Waals surface area (Å²) < 4.78 is 10.3. The van der Waals surface area contributed by atoms with Gasteiger partial charge >= 0.3 is 29.8 Å². The Morgan fingerprint density at radius 2 is 0.572 bits per heavy atom. The Kier molecular flexibility index (Phi) is 24.7. The summed E-state index contributed by atoms with van der Waals surface area (Å²) in [5.74, 6) is -6.51. The number of hydrogen-bond acceptors (Lipinski definition) is 19. The lowest BCUT2D eigenvalue weighted by molar-refractivity contribution is 0.0682. The van der Waals surface area contributed by atoms with Gasteiger partial charge < -0.3 is 73.9 Å². The number of aryl methyl sites for hydroxylation is 5. The molecule has 10 aromatic heterocycles. The van der Waals surface area contributed by atoms with Gasteiger partial charge in [-0.05, 0) is 272 Å². The second kappa shape index (κ2) is 39.0. The van der Waals surface area contributed by atoms with Crippen molar-refractivity contribution < 1.29 is 75.0 Å². The van der Waals surface area contributed by atoms with Crippen LogP contribution in [-0.4, -0.2) is 149 Å². The first kappa shape index (κ1) is 91.8. The van der Waals surface area contributed by atoms with Crippen LogP contribution in [0.1, 0.15) is 108 Å². The highest BCUT2D eigenvalue weighted by Gasteiger charge is 2.34. The van der Waals surface area contributed by atoms with E-state index in [1.54, 1.807) is 79.9 Å². The molecule has 145 heavy (non-hydrogen) atoms. The standard InChI is InChI=1S/C24H18N2O3.4C23H17N3O3/c27-23-10-8-17(12-20(23)24(28)29)26-21-9-7-15-4-1-2-6-18(15)19(21)13-22(26)16-5-3-11-25-14-16;27-21-9-7-15(12-18(21)23(28)29)26-19-8-6-14-4-1-2-5-16(14)17(19)13-20(26)22-24-10-3-11-25-22;27-22-8-6-16(11-19(22)23(28)29)26-20-7-5-14-3-1-2-4-17(14)18(20)12-21(26)15-9-10-24-25-13-15;27-21-9-7-16(10-18(21)23(28)29)26-19-8-6-15-12-24-13-25-22(15)17(19)11-20(26)14-4-2-1-3-5-14;27-21-9-7-16(12-18(21)23(28)29)26-19-8-6-15-10-11-24-25-22(15)17(19)13-20(26)14-4-2-1-3-5-14/h1-6,8,10-14,27H,7,9H2,(H,28,29);1-5,7,9-13,27H,6,8H2,(H,28,29);1-4,6,8-13,27H,5,7H2,(H,28,29);2*1-5,7,9-13,27H,6,8H2,(H,28,29). The van der Waals surface area contributed by atoms with Gasteiger partial charge in [-0.15, -0.1) is 0 Å². The van der Waals surface area contributed by atoms with E-state index in [1.165, 1.54) is 94.0 Å². The Hall–Kier alpha value is -19.6. The van der Waals surface area contributed by atoms with Gasteiger partial charge in [-0.25, -0.2) is 43.9 Å². The molecule has 29 heteroatoms. The second-order valence-corrected chi connectivity index (χ2v) is 35.1. The zero-order valence-corrected chi connectivity index (χ0v) is 77.2. The summed E-state index contributed by atoms with van der Waals surface area (Å²) in [6.45, 7) is 0. The number of carboxylic acids is 5. The molecule has 710 valence electrons. The topological polar surface area (TPSA) is 428 Å². The van der Waals surface area contributed by atoms with Gasteiger partial charge in [-0.1, -0.05) is 133 Å². The Labute approximate surface area is 827 Å². The molecule has 25 rings (SSSR count). The SMILES string of the molecule is O=C(O)c1cc(-n2c(-c3ccccc3)cc3c2CCc2ccnnc2-3)ccc1O.O=C(O)c1cc(-n2c(-c3ccccc3)cc3c2CCc2cncnc2-3)ccc1O.O=C(O)c1cc(-n2c(-c3cccnc3)cc3c2CCc2ccccc2-3)ccc1O.O=C(O)c1cc(-n2c(-c3ccnnc3)cc3c2CCc2ccccc2-3)ccc1O.O=C(O)c1cc(-n2c(-c3ncccn3)cc3c2CCc2ccccc2-3)ccc1O. The average molecular weight is 1920 g/mol. The normalized spacial score (nSPS) is 12.3. The molecule has 0 spiro atoms. The van der Waals surface area contributed by atoms with Crippen molar-refractivity contribution in [2.45, 2.75) is 64.2 Å². The van der Waals surface area contributed by atoms with Crippen molar-refractivity contribution in [1.29, 1.82) is 0 Å². The fourth-order valence-corrected chi connectivity index (χ4v) is 20.2. The van der Waals surface area contributed by atoms with E-state index in [-0.39, 0.29) is 56.6 Å². The summed E-state index contributed by atoms with van der Waals surface area (Å²) in [5, 5.41) is 113. The molecule has 10 N–H and O–H groups in total. The highest BCUT2D eigenvalue weighted by molar-refractivity contribution is 5.96. The number of hydrogen-bond donors (Lipinski definition) is 10. The van der Waals surface area contributed by atoms with Gasteiger partial charge in [0, 0.05) is 133 Å². The fourth-order valence-electron chi connectivity index (χ4n) is 20.2. The molecule has 0 saturated carbocycles. The quantitative estimate of drug-likeness (QED) is 0.0456. The molecular formula is C116H86N14O15. The van der Waals surface area contributed by atoms with Crippen molar-refractivity contribution in [2.24, 2.45) is 0 Å². The van der Waals surface area contributed by atoms with Crippen LogP contribution >= 0.6 is 0 Å². The number of aromatic carboxylic acids is 5. The van der Waals surface area contributed by atoms with Crippen LogP contribution in [0.25, 0.3) is 141 Å². The van der Waals surface area contributed by atoms with E-state index in [4.69, 9.17) is 0 Å². The molecule has 20 aromatic rings. The zero-order chi connectivity index (χ0) is 99.8. The lowest BCUT2D eigenvalue weighted by Crippen LogP contribution is -2.10. The molecule has 0 aliphatic heterocycles. The molecule has 10 aromatic carbocycles. The summed E-state index contributed by atoms with van der Waals surface area (Å²) in [5.41, 5.74) is 33.5. The number of aromatic hydroxyl groups is 5. The number of pyridine rings is 1. The number of carboxylic acid groups (broad SMARTS) is 5. The second-order valence-electron chi connectivity index (χ2n) is 35.1. The molecule has 0 radical (unpaired) electrons. The van der Waals surface area contributed by atoms with Crippen molar-refractivity contribution in [2.75, 3.05) is 0 Å². The molecule has 29 nitrogen and oxygen atoms in total. The van der Waals surface area contributed by atoms with Crippen molar-refractivity contribution in [3.05, 3.63) is 425 Å². The van der Waals surface area contributed by atoms with E-state index >= 15 is 0 Å². The monoisotopic (exact) mass is 1910 g/mol.